The second kappa shape index (κ2) is 10.2. The molecule has 1 aromatic heterocycles. The van der Waals surface area contributed by atoms with Crippen LogP contribution in [0.1, 0.15) is 18.4 Å². The minimum atomic E-state index is -5.05. The van der Waals surface area contributed by atoms with Gasteiger partial charge in [-0.2, -0.15) is 18.4 Å². The van der Waals surface area contributed by atoms with Crippen molar-refractivity contribution in [2.24, 2.45) is 0 Å². The van der Waals surface area contributed by atoms with Crippen molar-refractivity contribution in [1.29, 1.82) is 5.26 Å². The molecule has 1 aliphatic heterocycles. The number of alkyl halides is 3. The molecule has 0 spiro atoms. The number of halogens is 3. The molecule has 182 valence electrons. The molecule has 35 heavy (non-hydrogen) atoms. The van der Waals surface area contributed by atoms with Crippen LogP contribution in [0.15, 0.2) is 54.6 Å². The Morgan fingerprint density at radius 1 is 1.14 bits per heavy atom. The third-order valence-electron chi connectivity index (χ3n) is 5.90. The number of rotatable bonds is 6. The number of nitriles is 1. The molecule has 4 rings (SSSR count). The van der Waals surface area contributed by atoms with Gasteiger partial charge in [-0.3, -0.25) is 4.79 Å². The molecule has 7 nitrogen and oxygen atoms in total. The Hall–Kier alpha value is -3.84. The van der Waals surface area contributed by atoms with Gasteiger partial charge in [0.15, 0.2) is 0 Å². The third-order valence-corrected chi connectivity index (χ3v) is 5.90. The van der Waals surface area contributed by atoms with Crippen LogP contribution in [0.5, 0.6) is 0 Å². The van der Waals surface area contributed by atoms with Crippen molar-refractivity contribution in [3.8, 4) is 17.3 Å². The number of aromatic nitrogens is 1. The lowest BCUT2D eigenvalue weighted by atomic mass is 10.0. The zero-order chi connectivity index (χ0) is 25.0. The highest BCUT2D eigenvalue weighted by Gasteiger charge is 2.43. The van der Waals surface area contributed by atoms with Crippen LogP contribution >= 0.6 is 0 Å². The van der Waals surface area contributed by atoms with Crippen LogP contribution in [0, 0.1) is 11.3 Å². The number of esters is 1. The molecular formula is C25H23F3N4O3. The highest BCUT2D eigenvalue weighted by molar-refractivity contribution is 5.86. The van der Waals surface area contributed by atoms with Crippen LogP contribution in [0.2, 0.25) is 0 Å². The number of fused-ring (bicyclic) bond motifs is 1. The Morgan fingerprint density at radius 2 is 1.89 bits per heavy atom. The van der Waals surface area contributed by atoms with Crippen molar-refractivity contribution in [2.45, 2.75) is 43.6 Å². The number of piperidine rings is 1. The van der Waals surface area contributed by atoms with E-state index in [1.165, 1.54) is 0 Å². The molecule has 0 bridgehead atoms. The average molecular weight is 484 g/mol. The summed E-state index contributed by atoms with van der Waals surface area (Å²) in [4.78, 5) is 26.9. The van der Waals surface area contributed by atoms with E-state index in [0.29, 0.717) is 6.42 Å². The number of aromatic amines is 1. The van der Waals surface area contributed by atoms with E-state index in [2.05, 4.69) is 32.5 Å². The summed E-state index contributed by atoms with van der Waals surface area (Å²) in [6, 6.07) is 18.3. The topological polar surface area (TPSA) is 107 Å². The van der Waals surface area contributed by atoms with E-state index in [0.717, 1.165) is 27.7 Å². The molecule has 10 heteroatoms. The lowest BCUT2D eigenvalue weighted by molar-refractivity contribution is -0.205. The van der Waals surface area contributed by atoms with E-state index in [1.54, 1.807) is 0 Å². The van der Waals surface area contributed by atoms with Crippen molar-refractivity contribution in [3.05, 3.63) is 60.2 Å². The average Bonchev–Trinajstić information content (AvgIpc) is 3.28. The third kappa shape index (κ3) is 6.00. The van der Waals surface area contributed by atoms with Gasteiger partial charge in [-0.1, -0.05) is 42.5 Å². The summed E-state index contributed by atoms with van der Waals surface area (Å²) >= 11 is 0. The zero-order valence-corrected chi connectivity index (χ0v) is 18.6. The van der Waals surface area contributed by atoms with Crippen molar-refractivity contribution in [1.82, 2.24) is 15.6 Å². The van der Waals surface area contributed by atoms with E-state index in [9.17, 15) is 28.0 Å². The number of para-hydroxylation sites is 1. The SMILES string of the molecule is N#C[C@H](Cc1ccc(-c2cc3ccccc3[nH]2)cc1)NC(=O)C1CCC(OC(=O)C(F)(F)F)CN1. The van der Waals surface area contributed by atoms with E-state index in [4.69, 9.17) is 0 Å². The Balaban J connectivity index is 1.29. The fraction of sp³-hybridized carbons (Fsp3) is 0.320. The molecule has 3 aromatic rings. The first-order valence-electron chi connectivity index (χ1n) is 11.1. The van der Waals surface area contributed by atoms with E-state index in [-0.39, 0.29) is 19.4 Å². The molecule has 2 aromatic carbocycles. The number of nitrogens with zero attached hydrogens (tertiary/aromatic N) is 1. The van der Waals surface area contributed by atoms with Crippen molar-refractivity contribution in [3.63, 3.8) is 0 Å². The van der Waals surface area contributed by atoms with Gasteiger partial charge in [0.25, 0.3) is 0 Å². The molecule has 1 amide bonds. The normalized spacial score (nSPS) is 19.0. The first-order chi connectivity index (χ1) is 16.7. The number of carbonyl (C=O) groups is 2. The van der Waals surface area contributed by atoms with Gasteiger partial charge in [-0.25, -0.2) is 4.79 Å². The first-order valence-corrected chi connectivity index (χ1v) is 11.1. The standard InChI is InChI=1S/C25H23F3N4O3/c26-25(27,28)24(34)35-19-9-10-21(30-14-19)23(33)31-18(13-29)11-15-5-7-16(8-6-15)22-12-17-3-1-2-4-20(17)32-22/h1-8,12,18-19,21,30,32H,9-11,14H2,(H,31,33)/t18-,19?,21?/m0/s1. The molecule has 2 heterocycles. The van der Waals surface area contributed by atoms with Gasteiger partial charge in [0.2, 0.25) is 5.91 Å². The number of H-pyrrole nitrogens is 1. The van der Waals surface area contributed by atoms with Crippen LogP contribution in [0.25, 0.3) is 22.2 Å². The summed E-state index contributed by atoms with van der Waals surface area (Å²) in [6.45, 7) is -0.0770. The summed E-state index contributed by atoms with van der Waals surface area (Å²) in [5.74, 6) is -2.67. The molecule has 0 aliphatic carbocycles. The van der Waals surface area contributed by atoms with E-state index >= 15 is 0 Å². The number of carbonyl (C=O) groups excluding carboxylic acids is 2. The summed E-state index contributed by atoms with van der Waals surface area (Å²) in [7, 11) is 0. The quantitative estimate of drug-likeness (QED) is 0.464. The first kappa shape index (κ1) is 24.3. The molecule has 3 atom stereocenters. The molecule has 2 unspecified atom stereocenters. The fourth-order valence-corrected chi connectivity index (χ4v) is 4.06. The minimum absolute atomic E-state index is 0.0770. The Morgan fingerprint density at radius 3 is 2.51 bits per heavy atom. The second-order valence-corrected chi connectivity index (χ2v) is 8.42. The van der Waals surface area contributed by atoms with Crippen molar-refractivity contribution >= 4 is 22.8 Å². The molecular weight excluding hydrogens is 461 g/mol. The maximum absolute atomic E-state index is 12.6. The van der Waals surface area contributed by atoms with Gasteiger partial charge in [-0.05, 0) is 36.1 Å². The Bertz CT molecular complexity index is 1210. The lowest BCUT2D eigenvalue weighted by Gasteiger charge is -2.29. The molecule has 0 saturated carbocycles. The number of nitrogens with one attached hydrogen (secondary N) is 3. The molecule has 1 fully saturated rings. The highest BCUT2D eigenvalue weighted by atomic mass is 19.4. The van der Waals surface area contributed by atoms with Crippen LogP contribution in [0.4, 0.5) is 13.2 Å². The predicted octanol–water partition coefficient (Wildman–Crippen LogP) is 3.61. The van der Waals surface area contributed by atoms with Gasteiger partial charge in [0, 0.05) is 29.6 Å². The van der Waals surface area contributed by atoms with Gasteiger partial charge in [0.1, 0.15) is 12.1 Å². The molecule has 0 radical (unpaired) electrons. The van der Waals surface area contributed by atoms with Gasteiger partial charge in [-0.15, -0.1) is 0 Å². The van der Waals surface area contributed by atoms with Gasteiger partial charge >= 0.3 is 12.1 Å². The highest BCUT2D eigenvalue weighted by Crippen LogP contribution is 2.25. The van der Waals surface area contributed by atoms with Crippen LogP contribution in [-0.2, 0) is 20.7 Å². The summed E-state index contributed by atoms with van der Waals surface area (Å²) in [6.07, 6.45) is -5.43. The van der Waals surface area contributed by atoms with E-state index in [1.807, 2.05) is 48.5 Å². The predicted molar refractivity (Wildman–Crippen MR) is 122 cm³/mol. The number of hydrogen-bond donors (Lipinski definition) is 3. The maximum Gasteiger partial charge on any atom is 0.490 e. The molecule has 1 saturated heterocycles. The Labute approximate surface area is 199 Å². The number of hydrogen-bond acceptors (Lipinski definition) is 5. The number of ether oxygens (including phenoxy) is 1. The second-order valence-electron chi connectivity index (χ2n) is 8.42. The fourth-order valence-electron chi connectivity index (χ4n) is 4.06. The zero-order valence-electron chi connectivity index (χ0n) is 18.6. The van der Waals surface area contributed by atoms with Crippen LogP contribution in [-0.4, -0.2) is 47.8 Å². The number of amides is 1. The van der Waals surface area contributed by atoms with Crippen molar-refractivity contribution < 1.29 is 27.5 Å². The lowest BCUT2D eigenvalue weighted by Crippen LogP contribution is -2.53. The maximum atomic E-state index is 12.6. The summed E-state index contributed by atoms with van der Waals surface area (Å²) in [5.41, 5.74) is 3.88. The summed E-state index contributed by atoms with van der Waals surface area (Å²) in [5, 5.41) is 16.1. The van der Waals surface area contributed by atoms with Crippen molar-refractivity contribution in [2.75, 3.05) is 6.54 Å². The van der Waals surface area contributed by atoms with Gasteiger partial charge in [0.05, 0.1) is 12.1 Å². The smallest absolute Gasteiger partial charge is 0.454 e. The van der Waals surface area contributed by atoms with Gasteiger partial charge < -0.3 is 20.4 Å². The molecule has 1 aliphatic rings. The largest absolute Gasteiger partial charge is 0.490 e. The van der Waals surface area contributed by atoms with Crippen LogP contribution in [0.3, 0.4) is 0 Å². The minimum Gasteiger partial charge on any atom is -0.454 e. The monoisotopic (exact) mass is 484 g/mol. The summed E-state index contributed by atoms with van der Waals surface area (Å²) < 4.78 is 41.4. The molecule has 3 N–H and O–H groups in total. The van der Waals surface area contributed by atoms with E-state index < -0.39 is 36.2 Å². The van der Waals surface area contributed by atoms with Crippen LogP contribution < -0.4 is 10.6 Å². The Kier molecular flexibility index (Phi) is 7.07. The number of benzene rings is 2.